The molecule has 2 heterocycles. The van der Waals surface area contributed by atoms with Gasteiger partial charge in [-0.05, 0) is 37.5 Å². The van der Waals surface area contributed by atoms with E-state index in [1.807, 2.05) is 6.07 Å². The Bertz CT molecular complexity index is 762. The number of amides is 1. The highest BCUT2D eigenvalue weighted by Crippen LogP contribution is 2.39. The summed E-state index contributed by atoms with van der Waals surface area (Å²) in [5.41, 5.74) is 0.768. The monoisotopic (exact) mass is 368 g/mol. The number of carbonyl (C=O) groups excluding carboxylic acids is 1. The first-order chi connectivity index (χ1) is 11.1. The number of rotatable bonds is 4. The van der Waals surface area contributed by atoms with E-state index in [4.69, 9.17) is 23.2 Å². The predicted molar refractivity (Wildman–Crippen MR) is 92.7 cm³/mol. The van der Waals surface area contributed by atoms with Gasteiger partial charge in [0.15, 0.2) is 0 Å². The lowest BCUT2D eigenvalue weighted by Crippen LogP contribution is -2.33. The first kappa shape index (κ1) is 15.2. The van der Waals surface area contributed by atoms with E-state index in [0.29, 0.717) is 22.5 Å². The Morgan fingerprint density at radius 1 is 1.22 bits per heavy atom. The van der Waals surface area contributed by atoms with Crippen LogP contribution in [0.2, 0.25) is 10.0 Å². The number of aromatic nitrogens is 2. The van der Waals surface area contributed by atoms with Crippen LogP contribution in [0.4, 0.5) is 10.8 Å². The maximum absolute atomic E-state index is 12.6. The highest BCUT2D eigenvalue weighted by Gasteiger charge is 2.34. The molecule has 2 fully saturated rings. The van der Waals surface area contributed by atoms with Gasteiger partial charge in [0.2, 0.25) is 11.0 Å². The van der Waals surface area contributed by atoms with Crippen LogP contribution in [0, 0.1) is 0 Å². The minimum atomic E-state index is -0.274. The van der Waals surface area contributed by atoms with Crippen LogP contribution in [0.5, 0.6) is 0 Å². The lowest BCUT2D eigenvalue weighted by molar-refractivity contribution is -0.117. The molecule has 5 nitrogen and oxygen atoms in total. The summed E-state index contributed by atoms with van der Waals surface area (Å²) in [6.07, 6.45) is 3.06. The Hall–Kier alpha value is -1.37. The first-order valence-corrected chi connectivity index (χ1v) is 9.01. The van der Waals surface area contributed by atoms with E-state index in [0.717, 1.165) is 23.1 Å². The van der Waals surface area contributed by atoms with Crippen molar-refractivity contribution >= 4 is 51.5 Å². The second kappa shape index (κ2) is 5.92. The number of hydrogen-bond donors (Lipinski definition) is 1. The minimum absolute atomic E-state index is 0.0200. The fourth-order valence-corrected chi connectivity index (χ4v) is 3.66. The second-order valence-electron chi connectivity index (χ2n) is 5.81. The average Bonchev–Trinajstić information content (AvgIpc) is 3.19. The molecule has 2 aromatic rings. The largest absolute Gasteiger partial charge is 0.348 e. The number of halogens is 2. The molecule has 1 aliphatic heterocycles. The molecule has 1 aromatic heterocycles. The zero-order valence-corrected chi connectivity index (χ0v) is 14.5. The van der Waals surface area contributed by atoms with Crippen molar-refractivity contribution in [3.05, 3.63) is 34.1 Å². The summed E-state index contributed by atoms with van der Waals surface area (Å²) >= 11 is 13.3. The Morgan fingerprint density at radius 3 is 2.78 bits per heavy atom. The van der Waals surface area contributed by atoms with E-state index >= 15 is 0 Å². The van der Waals surface area contributed by atoms with Gasteiger partial charge in [-0.15, -0.1) is 0 Å². The van der Waals surface area contributed by atoms with Gasteiger partial charge in [0, 0.05) is 29.7 Å². The molecule has 0 spiro atoms. The molecular formula is C15H14Cl2N4OS. The highest BCUT2D eigenvalue weighted by atomic mass is 35.5. The fourth-order valence-electron chi connectivity index (χ4n) is 2.67. The van der Waals surface area contributed by atoms with Crippen molar-refractivity contribution in [3.63, 3.8) is 0 Å². The zero-order chi connectivity index (χ0) is 16.0. The topological polar surface area (TPSA) is 58.1 Å². The molecule has 23 heavy (non-hydrogen) atoms. The van der Waals surface area contributed by atoms with Gasteiger partial charge in [0.1, 0.15) is 11.9 Å². The standard InChI is InChI=1S/C15H14Cl2N4OS/c16-10-4-3-9(7-11(10)17)21-6-5-12(14(21)22)18-15-19-13(20-23-15)8-1-2-8/h3-4,7-8,12H,1-2,5-6H2,(H,18,19,20). The van der Waals surface area contributed by atoms with Gasteiger partial charge < -0.3 is 10.2 Å². The van der Waals surface area contributed by atoms with Crippen LogP contribution >= 0.6 is 34.7 Å². The van der Waals surface area contributed by atoms with Crippen molar-refractivity contribution < 1.29 is 4.79 Å². The van der Waals surface area contributed by atoms with Crippen LogP contribution in [-0.4, -0.2) is 27.9 Å². The normalized spacial score (nSPS) is 21.0. The maximum atomic E-state index is 12.6. The van der Waals surface area contributed by atoms with Gasteiger partial charge >= 0.3 is 0 Å². The molecule has 2 aliphatic rings. The van der Waals surface area contributed by atoms with E-state index in [1.54, 1.807) is 17.0 Å². The van der Waals surface area contributed by atoms with E-state index in [-0.39, 0.29) is 11.9 Å². The summed E-state index contributed by atoms with van der Waals surface area (Å²) in [5.74, 6) is 1.45. The molecule has 1 aromatic carbocycles. The van der Waals surface area contributed by atoms with Gasteiger partial charge in [0.05, 0.1) is 10.0 Å². The summed E-state index contributed by atoms with van der Waals surface area (Å²) in [5, 5.41) is 4.87. The number of hydrogen-bond acceptors (Lipinski definition) is 5. The summed E-state index contributed by atoms with van der Waals surface area (Å²) < 4.78 is 4.35. The molecule has 4 rings (SSSR count). The third kappa shape index (κ3) is 3.03. The molecule has 1 unspecified atom stereocenters. The number of benzene rings is 1. The van der Waals surface area contributed by atoms with Crippen molar-refractivity contribution in [2.24, 2.45) is 0 Å². The zero-order valence-electron chi connectivity index (χ0n) is 12.1. The van der Waals surface area contributed by atoms with Crippen LogP contribution in [0.25, 0.3) is 0 Å². The quantitative estimate of drug-likeness (QED) is 0.887. The van der Waals surface area contributed by atoms with Gasteiger partial charge in [0.25, 0.3) is 0 Å². The molecular weight excluding hydrogens is 355 g/mol. The van der Waals surface area contributed by atoms with Crippen molar-refractivity contribution in [2.75, 3.05) is 16.8 Å². The summed E-state index contributed by atoms with van der Waals surface area (Å²) in [7, 11) is 0. The molecule has 1 amide bonds. The molecule has 8 heteroatoms. The minimum Gasteiger partial charge on any atom is -0.348 e. The maximum Gasteiger partial charge on any atom is 0.249 e. The van der Waals surface area contributed by atoms with Crippen LogP contribution in [0.3, 0.4) is 0 Å². The molecule has 1 aliphatic carbocycles. The van der Waals surface area contributed by atoms with Gasteiger partial charge in [-0.1, -0.05) is 23.2 Å². The first-order valence-electron chi connectivity index (χ1n) is 7.48. The fraction of sp³-hybridized carbons (Fsp3) is 0.400. The Labute approximate surface area is 147 Å². The van der Waals surface area contributed by atoms with E-state index < -0.39 is 0 Å². The van der Waals surface area contributed by atoms with Crippen LogP contribution in [-0.2, 0) is 4.79 Å². The van der Waals surface area contributed by atoms with Crippen molar-refractivity contribution in [1.82, 2.24) is 9.36 Å². The van der Waals surface area contributed by atoms with E-state index in [1.165, 1.54) is 24.4 Å². The van der Waals surface area contributed by atoms with Crippen LogP contribution < -0.4 is 10.2 Å². The summed E-state index contributed by atoms with van der Waals surface area (Å²) in [4.78, 5) is 18.8. The SMILES string of the molecule is O=C1C(Nc2nc(C3CC3)ns2)CCN1c1ccc(Cl)c(Cl)c1. The summed E-state index contributed by atoms with van der Waals surface area (Å²) in [6, 6.07) is 4.97. The third-order valence-electron chi connectivity index (χ3n) is 4.10. The van der Waals surface area contributed by atoms with Crippen LogP contribution in [0.15, 0.2) is 18.2 Å². The number of anilines is 2. The molecule has 1 saturated carbocycles. The van der Waals surface area contributed by atoms with Crippen molar-refractivity contribution in [2.45, 2.75) is 31.2 Å². The smallest absolute Gasteiger partial charge is 0.249 e. The van der Waals surface area contributed by atoms with Crippen molar-refractivity contribution in [3.8, 4) is 0 Å². The average molecular weight is 369 g/mol. The molecule has 1 atom stereocenters. The molecule has 1 saturated heterocycles. The molecule has 120 valence electrons. The molecule has 1 N–H and O–H groups in total. The van der Waals surface area contributed by atoms with E-state index in [2.05, 4.69) is 14.7 Å². The third-order valence-corrected chi connectivity index (χ3v) is 5.50. The molecule has 0 bridgehead atoms. The Balaban J connectivity index is 1.46. The number of nitrogens with zero attached hydrogens (tertiary/aromatic N) is 3. The van der Waals surface area contributed by atoms with Crippen molar-refractivity contribution in [1.29, 1.82) is 0 Å². The molecule has 0 radical (unpaired) electrons. The number of carbonyl (C=O) groups is 1. The van der Waals surface area contributed by atoms with Gasteiger partial charge in [-0.3, -0.25) is 4.79 Å². The lowest BCUT2D eigenvalue weighted by atomic mass is 10.2. The second-order valence-corrected chi connectivity index (χ2v) is 7.37. The van der Waals surface area contributed by atoms with E-state index in [9.17, 15) is 4.79 Å². The number of nitrogens with one attached hydrogen (secondary N) is 1. The highest BCUT2D eigenvalue weighted by molar-refractivity contribution is 7.09. The predicted octanol–water partition coefficient (Wildman–Crippen LogP) is 3.94. The Kier molecular flexibility index (Phi) is 3.91. The van der Waals surface area contributed by atoms with Crippen LogP contribution in [0.1, 0.15) is 31.0 Å². The van der Waals surface area contributed by atoms with Gasteiger partial charge in [-0.25, -0.2) is 4.98 Å². The van der Waals surface area contributed by atoms with Gasteiger partial charge in [-0.2, -0.15) is 4.37 Å². The Morgan fingerprint density at radius 2 is 2.04 bits per heavy atom. The lowest BCUT2D eigenvalue weighted by Gasteiger charge is -2.17. The summed E-state index contributed by atoms with van der Waals surface area (Å²) in [6.45, 7) is 0.642.